The van der Waals surface area contributed by atoms with Gasteiger partial charge in [0.25, 0.3) is 5.91 Å². The Hall–Kier alpha value is -3.32. The number of benzene rings is 3. The maximum atomic E-state index is 13.0. The van der Waals surface area contributed by atoms with Crippen LogP contribution in [0.2, 0.25) is 0 Å². The number of rotatable bonds is 9. The molecule has 0 saturated carbocycles. The number of sulfonamides is 1. The number of nitrogens with one attached hydrogen (secondary N) is 1. The lowest BCUT2D eigenvalue weighted by Gasteiger charge is -2.24. The molecule has 0 aliphatic carbocycles. The molecule has 3 aromatic rings. The lowest BCUT2D eigenvalue weighted by atomic mass is 9.93. The van der Waals surface area contributed by atoms with Crippen molar-refractivity contribution in [2.24, 2.45) is 0 Å². The minimum atomic E-state index is -3.50. The largest absolute Gasteiger partial charge is 0.496 e. The Morgan fingerprint density at radius 2 is 1.51 bits per heavy atom. The highest BCUT2D eigenvalue weighted by molar-refractivity contribution is 7.92. The number of amides is 1. The third-order valence-electron chi connectivity index (χ3n) is 6.49. The summed E-state index contributed by atoms with van der Waals surface area (Å²) < 4.78 is 32.1. The minimum Gasteiger partial charge on any atom is -0.496 e. The lowest BCUT2D eigenvalue weighted by molar-refractivity contribution is 0.0939. The van der Waals surface area contributed by atoms with Crippen molar-refractivity contribution in [3.63, 3.8) is 0 Å². The summed E-state index contributed by atoms with van der Waals surface area (Å²) in [6, 6.07) is 16.7. The van der Waals surface area contributed by atoms with Gasteiger partial charge < -0.3 is 10.1 Å². The van der Waals surface area contributed by atoms with Gasteiger partial charge in [0.05, 0.1) is 31.6 Å². The second-order valence-electron chi connectivity index (χ2n) is 10.1. The van der Waals surface area contributed by atoms with Crippen LogP contribution >= 0.6 is 0 Å². The van der Waals surface area contributed by atoms with E-state index in [1.807, 2.05) is 52.0 Å². The van der Waals surface area contributed by atoms with Crippen molar-refractivity contribution < 1.29 is 17.9 Å². The number of aryl methyl sites for hydroxylation is 3. The Balaban J connectivity index is 1.78. The standard InChI is InChI=1S/C30H38N2O4S/c1-19(2)27-17-28(22(5)16-29(27)36-7)23(6)31-30(33)25-11-9-24(10-12-25)18-32(37(8,34)35)26-14-20(3)13-21(4)15-26/h9-17,19,23H,18H2,1-8H3,(H,31,33). The van der Waals surface area contributed by atoms with Gasteiger partial charge in [0, 0.05) is 5.56 Å². The van der Waals surface area contributed by atoms with Gasteiger partial charge in [-0.2, -0.15) is 0 Å². The molecule has 1 unspecified atom stereocenters. The normalized spacial score (nSPS) is 12.4. The number of carbonyl (C=O) groups excluding carboxylic acids is 1. The highest BCUT2D eigenvalue weighted by atomic mass is 32.2. The van der Waals surface area contributed by atoms with Crippen LogP contribution in [0.15, 0.2) is 54.6 Å². The van der Waals surface area contributed by atoms with Gasteiger partial charge in [-0.1, -0.05) is 32.0 Å². The summed E-state index contributed by atoms with van der Waals surface area (Å²) in [5.41, 5.74) is 7.14. The van der Waals surface area contributed by atoms with Gasteiger partial charge in [-0.15, -0.1) is 0 Å². The molecule has 0 fully saturated rings. The Kier molecular flexibility index (Phi) is 8.69. The lowest BCUT2D eigenvalue weighted by Crippen LogP contribution is -2.29. The molecule has 1 atom stereocenters. The zero-order chi connectivity index (χ0) is 27.5. The summed E-state index contributed by atoms with van der Waals surface area (Å²) in [6.07, 6.45) is 1.21. The predicted molar refractivity (Wildman–Crippen MR) is 151 cm³/mol. The number of carbonyl (C=O) groups is 1. The summed E-state index contributed by atoms with van der Waals surface area (Å²) >= 11 is 0. The van der Waals surface area contributed by atoms with E-state index in [1.54, 1.807) is 31.4 Å². The number of methoxy groups -OCH3 is 1. The summed E-state index contributed by atoms with van der Waals surface area (Å²) in [5.74, 6) is 0.962. The van der Waals surface area contributed by atoms with Crippen molar-refractivity contribution in [2.75, 3.05) is 17.7 Å². The summed E-state index contributed by atoms with van der Waals surface area (Å²) in [4.78, 5) is 13.0. The van der Waals surface area contributed by atoms with Crippen molar-refractivity contribution in [1.29, 1.82) is 0 Å². The monoisotopic (exact) mass is 522 g/mol. The van der Waals surface area contributed by atoms with Crippen LogP contribution in [0, 0.1) is 20.8 Å². The Bertz CT molecular complexity index is 1360. The highest BCUT2D eigenvalue weighted by Crippen LogP contribution is 2.32. The van der Waals surface area contributed by atoms with Crippen LogP contribution < -0.4 is 14.4 Å². The van der Waals surface area contributed by atoms with Crippen LogP contribution in [-0.2, 0) is 16.6 Å². The molecular formula is C30H38N2O4S. The zero-order valence-electron chi connectivity index (χ0n) is 23.0. The molecule has 0 radical (unpaired) electrons. The molecule has 37 heavy (non-hydrogen) atoms. The first-order chi connectivity index (χ1) is 17.3. The van der Waals surface area contributed by atoms with E-state index >= 15 is 0 Å². The Labute approximate surface area is 221 Å². The topological polar surface area (TPSA) is 75.7 Å². The first-order valence-electron chi connectivity index (χ1n) is 12.4. The molecule has 0 spiro atoms. The molecular weight excluding hydrogens is 484 g/mol. The van der Waals surface area contributed by atoms with Crippen molar-refractivity contribution in [2.45, 2.75) is 60.0 Å². The van der Waals surface area contributed by atoms with E-state index < -0.39 is 10.0 Å². The molecule has 7 heteroatoms. The van der Waals surface area contributed by atoms with E-state index in [-0.39, 0.29) is 18.5 Å². The van der Waals surface area contributed by atoms with Crippen LogP contribution in [0.1, 0.15) is 76.5 Å². The van der Waals surface area contributed by atoms with Gasteiger partial charge in [0.1, 0.15) is 5.75 Å². The molecule has 0 heterocycles. The average molecular weight is 523 g/mol. The molecule has 0 aliphatic heterocycles. The second-order valence-corrected chi connectivity index (χ2v) is 12.0. The highest BCUT2D eigenvalue weighted by Gasteiger charge is 2.20. The fraction of sp³-hybridized carbons (Fsp3) is 0.367. The summed E-state index contributed by atoms with van der Waals surface area (Å²) in [5, 5.41) is 3.09. The molecule has 6 nitrogen and oxygen atoms in total. The van der Waals surface area contributed by atoms with Crippen LogP contribution in [-0.4, -0.2) is 27.7 Å². The average Bonchev–Trinajstić information content (AvgIpc) is 2.80. The van der Waals surface area contributed by atoms with Gasteiger partial charge in [0.15, 0.2) is 0 Å². The molecule has 3 rings (SSSR count). The van der Waals surface area contributed by atoms with Crippen molar-refractivity contribution >= 4 is 21.6 Å². The summed E-state index contributed by atoms with van der Waals surface area (Å²) in [7, 11) is -1.82. The van der Waals surface area contributed by atoms with E-state index in [4.69, 9.17) is 4.74 Å². The molecule has 0 saturated heterocycles. The van der Waals surface area contributed by atoms with Crippen LogP contribution in [0.5, 0.6) is 5.75 Å². The second kappa shape index (κ2) is 11.4. The van der Waals surface area contributed by atoms with Gasteiger partial charge in [0.2, 0.25) is 10.0 Å². The number of hydrogen-bond acceptors (Lipinski definition) is 4. The van der Waals surface area contributed by atoms with Gasteiger partial charge >= 0.3 is 0 Å². The van der Waals surface area contributed by atoms with Crippen molar-refractivity contribution in [3.8, 4) is 5.75 Å². The molecule has 0 aliphatic rings. The summed E-state index contributed by atoms with van der Waals surface area (Å²) in [6.45, 7) is 12.3. The third kappa shape index (κ3) is 6.92. The minimum absolute atomic E-state index is 0.184. The third-order valence-corrected chi connectivity index (χ3v) is 7.63. The van der Waals surface area contributed by atoms with E-state index in [0.717, 1.165) is 39.1 Å². The number of anilines is 1. The first-order valence-corrected chi connectivity index (χ1v) is 14.3. The van der Waals surface area contributed by atoms with Crippen molar-refractivity contribution in [3.05, 3.63) is 93.5 Å². The smallest absolute Gasteiger partial charge is 0.251 e. The van der Waals surface area contributed by atoms with E-state index in [0.29, 0.717) is 17.2 Å². The Morgan fingerprint density at radius 3 is 2.03 bits per heavy atom. The fourth-order valence-corrected chi connectivity index (χ4v) is 5.46. The van der Waals surface area contributed by atoms with Crippen molar-refractivity contribution in [1.82, 2.24) is 5.32 Å². The number of hydrogen-bond donors (Lipinski definition) is 1. The maximum absolute atomic E-state index is 13.0. The molecule has 1 amide bonds. The van der Waals surface area contributed by atoms with Gasteiger partial charge in [-0.25, -0.2) is 8.42 Å². The molecule has 0 aromatic heterocycles. The predicted octanol–water partition coefficient (Wildman–Crippen LogP) is 6.20. The molecule has 3 aromatic carbocycles. The quantitative estimate of drug-likeness (QED) is 0.363. The number of nitrogens with zero attached hydrogens (tertiary/aromatic N) is 1. The fourth-order valence-electron chi connectivity index (χ4n) is 4.59. The Morgan fingerprint density at radius 1 is 0.919 bits per heavy atom. The van der Waals surface area contributed by atoms with Crippen LogP contribution in [0.25, 0.3) is 0 Å². The van der Waals surface area contributed by atoms with Gasteiger partial charge in [-0.05, 0) is 103 Å². The van der Waals surface area contributed by atoms with E-state index in [1.165, 1.54) is 10.6 Å². The van der Waals surface area contributed by atoms with E-state index in [9.17, 15) is 13.2 Å². The van der Waals surface area contributed by atoms with E-state index in [2.05, 4.69) is 25.2 Å². The number of ether oxygens (including phenoxy) is 1. The SMILES string of the molecule is COc1cc(C)c(C(C)NC(=O)c2ccc(CN(c3cc(C)cc(C)c3)S(C)(=O)=O)cc2)cc1C(C)C. The van der Waals surface area contributed by atoms with Crippen LogP contribution in [0.4, 0.5) is 5.69 Å². The molecule has 1 N–H and O–H groups in total. The molecule has 0 bridgehead atoms. The molecule has 198 valence electrons. The van der Waals surface area contributed by atoms with Gasteiger partial charge in [-0.3, -0.25) is 9.10 Å². The first kappa shape index (κ1) is 28.3. The maximum Gasteiger partial charge on any atom is 0.251 e. The van der Waals surface area contributed by atoms with Crippen LogP contribution in [0.3, 0.4) is 0 Å². The zero-order valence-corrected chi connectivity index (χ0v) is 23.9.